The molecule has 0 aliphatic rings. The van der Waals surface area contributed by atoms with Crippen LogP contribution < -0.4 is 5.32 Å². The van der Waals surface area contributed by atoms with E-state index in [1.165, 1.54) is 0 Å². The molecule has 0 aliphatic carbocycles. The molecule has 37 heavy (non-hydrogen) atoms. The fraction of sp³-hybridized carbons (Fsp3) is 0.0323. The molecular weight excluding hydrogens is 484 g/mol. The molecular formula is C31H21ClN2O3. The SMILES string of the molecule is Cc1ccc(-c2ccc(C(=O)Nc3ccc4oc(-c5ccc(-c6ccccc6)cc5)nc4c3)o2)cc1Cl. The number of nitrogens with one attached hydrogen (secondary N) is 1. The highest BCUT2D eigenvalue weighted by molar-refractivity contribution is 6.31. The quantitative estimate of drug-likeness (QED) is 0.255. The van der Waals surface area contributed by atoms with Crippen LogP contribution >= 0.6 is 11.6 Å². The van der Waals surface area contributed by atoms with Crippen LogP contribution in [0.3, 0.4) is 0 Å². The summed E-state index contributed by atoms with van der Waals surface area (Å²) in [6, 6.07) is 32.7. The lowest BCUT2D eigenvalue weighted by molar-refractivity contribution is 0.0997. The molecule has 6 rings (SSSR count). The summed E-state index contributed by atoms with van der Waals surface area (Å²) in [7, 11) is 0. The van der Waals surface area contributed by atoms with Crippen LogP contribution in [-0.2, 0) is 0 Å². The highest BCUT2D eigenvalue weighted by atomic mass is 35.5. The number of carbonyl (C=O) groups excluding carboxylic acids is 1. The fourth-order valence-electron chi connectivity index (χ4n) is 4.12. The Morgan fingerprint density at radius 2 is 1.49 bits per heavy atom. The number of anilines is 1. The van der Waals surface area contributed by atoms with Gasteiger partial charge in [-0.15, -0.1) is 0 Å². The second-order valence-electron chi connectivity index (χ2n) is 8.73. The molecule has 2 heterocycles. The Morgan fingerprint density at radius 1 is 0.757 bits per heavy atom. The number of halogens is 1. The average Bonchev–Trinajstić information content (AvgIpc) is 3.59. The van der Waals surface area contributed by atoms with Crippen molar-refractivity contribution in [3.05, 3.63) is 119 Å². The van der Waals surface area contributed by atoms with Crippen molar-refractivity contribution in [1.29, 1.82) is 0 Å². The van der Waals surface area contributed by atoms with Gasteiger partial charge in [-0.25, -0.2) is 4.98 Å². The maximum atomic E-state index is 12.8. The van der Waals surface area contributed by atoms with E-state index < -0.39 is 0 Å². The third kappa shape index (κ3) is 4.65. The van der Waals surface area contributed by atoms with Crippen LogP contribution in [0.2, 0.25) is 5.02 Å². The molecule has 0 atom stereocenters. The van der Waals surface area contributed by atoms with E-state index in [-0.39, 0.29) is 11.7 Å². The molecule has 0 bridgehead atoms. The van der Waals surface area contributed by atoms with E-state index in [0.717, 1.165) is 27.8 Å². The van der Waals surface area contributed by atoms with E-state index in [0.29, 0.717) is 33.5 Å². The van der Waals surface area contributed by atoms with Crippen molar-refractivity contribution in [3.8, 4) is 33.9 Å². The first-order valence-electron chi connectivity index (χ1n) is 11.8. The lowest BCUT2D eigenvalue weighted by Gasteiger charge is -2.03. The Kier molecular flexibility index (Phi) is 5.83. The first-order chi connectivity index (χ1) is 18.0. The molecule has 0 unspecified atom stereocenters. The van der Waals surface area contributed by atoms with E-state index in [2.05, 4.69) is 22.4 Å². The van der Waals surface area contributed by atoms with Gasteiger partial charge >= 0.3 is 0 Å². The van der Waals surface area contributed by atoms with Crippen molar-refractivity contribution in [2.24, 2.45) is 0 Å². The number of nitrogens with zero attached hydrogens (tertiary/aromatic N) is 1. The summed E-state index contributed by atoms with van der Waals surface area (Å²) in [5.41, 5.74) is 6.81. The molecule has 0 radical (unpaired) electrons. The number of furan rings is 1. The van der Waals surface area contributed by atoms with Crippen LogP contribution in [0.25, 0.3) is 45.0 Å². The number of hydrogen-bond acceptors (Lipinski definition) is 4. The van der Waals surface area contributed by atoms with Crippen LogP contribution in [-0.4, -0.2) is 10.9 Å². The summed E-state index contributed by atoms with van der Waals surface area (Å²) in [4.78, 5) is 17.4. The molecule has 0 aliphatic heterocycles. The van der Waals surface area contributed by atoms with Crippen LogP contribution in [0.15, 0.2) is 112 Å². The molecule has 0 spiro atoms. The highest BCUT2D eigenvalue weighted by Gasteiger charge is 2.15. The number of fused-ring (bicyclic) bond motifs is 1. The van der Waals surface area contributed by atoms with E-state index in [9.17, 15) is 4.79 Å². The summed E-state index contributed by atoms with van der Waals surface area (Å²) in [5, 5.41) is 3.52. The normalized spacial score (nSPS) is 11.1. The number of oxazole rings is 1. The van der Waals surface area contributed by atoms with Gasteiger partial charge in [-0.3, -0.25) is 4.79 Å². The number of benzene rings is 4. The van der Waals surface area contributed by atoms with Crippen molar-refractivity contribution in [3.63, 3.8) is 0 Å². The number of carbonyl (C=O) groups is 1. The molecule has 0 saturated heterocycles. The third-order valence-electron chi connectivity index (χ3n) is 6.17. The molecule has 1 amide bonds. The predicted molar refractivity (Wildman–Crippen MR) is 147 cm³/mol. The molecule has 6 aromatic rings. The summed E-state index contributed by atoms with van der Waals surface area (Å²) in [6.07, 6.45) is 0. The van der Waals surface area contributed by atoms with Gasteiger partial charge in [0.2, 0.25) is 5.89 Å². The predicted octanol–water partition coefficient (Wildman–Crippen LogP) is 8.64. The van der Waals surface area contributed by atoms with Gasteiger partial charge in [0.05, 0.1) is 0 Å². The van der Waals surface area contributed by atoms with E-state index in [1.54, 1.807) is 30.3 Å². The van der Waals surface area contributed by atoms with Crippen molar-refractivity contribution in [2.45, 2.75) is 6.92 Å². The maximum Gasteiger partial charge on any atom is 0.291 e. The zero-order chi connectivity index (χ0) is 25.4. The zero-order valence-corrected chi connectivity index (χ0v) is 20.6. The molecule has 0 fully saturated rings. The average molecular weight is 505 g/mol. The van der Waals surface area contributed by atoms with Crippen molar-refractivity contribution in [1.82, 2.24) is 4.98 Å². The smallest absolute Gasteiger partial charge is 0.291 e. The Balaban J connectivity index is 1.19. The second-order valence-corrected chi connectivity index (χ2v) is 9.13. The molecule has 180 valence electrons. The van der Waals surface area contributed by atoms with Crippen LogP contribution in [0.5, 0.6) is 0 Å². The monoisotopic (exact) mass is 504 g/mol. The van der Waals surface area contributed by atoms with E-state index in [4.69, 9.17) is 20.4 Å². The maximum absolute atomic E-state index is 12.8. The minimum Gasteiger partial charge on any atom is -0.451 e. The van der Waals surface area contributed by atoms with E-state index in [1.807, 2.05) is 67.6 Å². The summed E-state index contributed by atoms with van der Waals surface area (Å²) in [6.45, 7) is 1.93. The zero-order valence-electron chi connectivity index (χ0n) is 19.9. The molecule has 0 saturated carbocycles. The van der Waals surface area contributed by atoms with Gasteiger partial charge in [0.15, 0.2) is 11.3 Å². The first-order valence-corrected chi connectivity index (χ1v) is 12.2. The minimum absolute atomic E-state index is 0.200. The van der Waals surface area contributed by atoms with Crippen LogP contribution in [0.1, 0.15) is 16.1 Å². The van der Waals surface area contributed by atoms with Gasteiger partial charge in [0.25, 0.3) is 5.91 Å². The minimum atomic E-state index is -0.357. The number of rotatable bonds is 5. The van der Waals surface area contributed by atoms with Gasteiger partial charge in [-0.2, -0.15) is 0 Å². The summed E-state index contributed by atoms with van der Waals surface area (Å²) < 4.78 is 11.7. The number of hydrogen-bond donors (Lipinski definition) is 1. The molecule has 2 aromatic heterocycles. The van der Waals surface area contributed by atoms with Gasteiger partial charge in [0, 0.05) is 21.8 Å². The fourth-order valence-corrected chi connectivity index (χ4v) is 4.30. The molecule has 1 N–H and O–H groups in total. The van der Waals surface area contributed by atoms with Gasteiger partial charge < -0.3 is 14.2 Å². The highest BCUT2D eigenvalue weighted by Crippen LogP contribution is 2.30. The van der Waals surface area contributed by atoms with Crippen molar-refractivity contribution >= 4 is 34.3 Å². The Labute approximate surface area is 218 Å². The number of amides is 1. The lowest BCUT2D eigenvalue weighted by atomic mass is 10.0. The molecule has 5 nitrogen and oxygen atoms in total. The molecule has 4 aromatic carbocycles. The lowest BCUT2D eigenvalue weighted by Crippen LogP contribution is -2.10. The van der Waals surface area contributed by atoms with Crippen molar-refractivity contribution < 1.29 is 13.6 Å². The third-order valence-corrected chi connectivity index (χ3v) is 6.58. The van der Waals surface area contributed by atoms with Crippen molar-refractivity contribution in [2.75, 3.05) is 5.32 Å². The van der Waals surface area contributed by atoms with E-state index >= 15 is 0 Å². The van der Waals surface area contributed by atoms with Gasteiger partial charge in [-0.1, -0.05) is 66.2 Å². The molecule has 6 heteroatoms. The second kappa shape index (κ2) is 9.45. The largest absolute Gasteiger partial charge is 0.451 e. The van der Waals surface area contributed by atoms with Gasteiger partial charge in [-0.05, 0) is 72.1 Å². The summed E-state index contributed by atoms with van der Waals surface area (Å²) >= 11 is 6.23. The Hall–Kier alpha value is -4.61. The summed E-state index contributed by atoms with van der Waals surface area (Å²) in [5.74, 6) is 0.933. The van der Waals surface area contributed by atoms with Crippen LogP contribution in [0.4, 0.5) is 5.69 Å². The van der Waals surface area contributed by atoms with Gasteiger partial charge in [0.1, 0.15) is 11.3 Å². The number of aryl methyl sites for hydroxylation is 1. The topological polar surface area (TPSA) is 68.3 Å². The first kappa shape index (κ1) is 22.8. The standard InChI is InChI=1S/C31H21ClN2O3/c1-19-7-8-23(17-25(19)32)27-15-16-29(36-27)30(35)33-24-13-14-28-26(18-24)34-31(37-28)22-11-9-21(10-12-22)20-5-3-2-4-6-20/h2-18H,1H3,(H,33,35). The van der Waals surface area contributed by atoms with Crippen LogP contribution in [0, 0.1) is 6.92 Å². The Morgan fingerprint density at radius 3 is 2.27 bits per heavy atom. The number of aromatic nitrogens is 1. The Bertz CT molecular complexity index is 1730.